The van der Waals surface area contributed by atoms with Crippen LogP contribution in [-0.2, 0) is 14.1 Å². The molecule has 2 rings (SSSR count). The summed E-state index contributed by atoms with van der Waals surface area (Å²) in [4.78, 5) is 15.4. The van der Waals surface area contributed by atoms with Gasteiger partial charge in [-0.2, -0.15) is 0 Å². The summed E-state index contributed by atoms with van der Waals surface area (Å²) in [6, 6.07) is 1.94. The van der Waals surface area contributed by atoms with Crippen LogP contribution in [0.1, 0.15) is 45.7 Å². The largest absolute Gasteiger partial charge is 0.492 e. The van der Waals surface area contributed by atoms with E-state index in [0.717, 1.165) is 16.6 Å². The van der Waals surface area contributed by atoms with Crippen LogP contribution in [0.4, 0.5) is 0 Å². The Bertz CT molecular complexity index is 610. The zero-order valence-electron chi connectivity index (χ0n) is 14.8. The maximum absolute atomic E-state index is 11.3. The van der Waals surface area contributed by atoms with Gasteiger partial charge in [0, 0.05) is 25.9 Å². The van der Waals surface area contributed by atoms with Gasteiger partial charge < -0.3 is 14.6 Å². The molecule has 0 radical (unpaired) electrons. The summed E-state index contributed by atoms with van der Waals surface area (Å²) in [6.45, 7) is 11.9. The Morgan fingerprint density at radius 2 is 1.91 bits per heavy atom. The molecule has 0 aromatic carbocycles. The maximum Gasteiger partial charge on any atom is 0.492 e. The van der Waals surface area contributed by atoms with E-state index in [-0.39, 0.29) is 5.91 Å². The fourth-order valence-corrected chi connectivity index (χ4v) is 2.27. The molecule has 5 nitrogen and oxygen atoms in total. The second-order valence-corrected chi connectivity index (χ2v) is 6.95. The molecule has 0 spiro atoms. The van der Waals surface area contributed by atoms with Gasteiger partial charge in [0.25, 0.3) is 0 Å². The molecular weight excluding hydrogens is 291 g/mol. The van der Waals surface area contributed by atoms with Crippen LogP contribution in [0.3, 0.4) is 0 Å². The van der Waals surface area contributed by atoms with Crippen molar-refractivity contribution < 1.29 is 14.1 Å². The van der Waals surface area contributed by atoms with E-state index in [1.165, 1.54) is 6.92 Å². The predicted molar refractivity (Wildman–Crippen MR) is 91.7 cm³/mol. The molecule has 1 fully saturated rings. The highest BCUT2D eigenvalue weighted by atomic mass is 16.7. The molecule has 0 aliphatic carbocycles. The van der Waals surface area contributed by atoms with Crippen molar-refractivity contribution in [3.05, 3.63) is 35.1 Å². The molecular formula is C17H25BN2O3. The Morgan fingerprint density at radius 3 is 2.43 bits per heavy atom. The molecule has 0 atom stereocenters. The van der Waals surface area contributed by atoms with Crippen LogP contribution in [0.25, 0.3) is 6.08 Å². The molecule has 23 heavy (non-hydrogen) atoms. The molecule has 1 saturated heterocycles. The van der Waals surface area contributed by atoms with Gasteiger partial charge in [0.15, 0.2) is 0 Å². The minimum atomic E-state index is -0.487. The standard InChI is InChI=1S/C17H25BN2O3/c1-12-10-19-8-7-14(12)9-15(11-20-13(2)21)18-22-16(3,4)17(5,6)23-18/h7-10H,11H2,1-6H3,(H,20,21). The number of carbonyl (C=O) groups excluding carboxylic acids is 1. The average molecular weight is 316 g/mol. The fraction of sp³-hybridized carbons (Fsp3) is 0.529. The highest BCUT2D eigenvalue weighted by Crippen LogP contribution is 2.38. The van der Waals surface area contributed by atoms with Crippen LogP contribution >= 0.6 is 0 Å². The first kappa shape index (κ1) is 17.7. The van der Waals surface area contributed by atoms with Gasteiger partial charge in [-0.1, -0.05) is 6.08 Å². The zero-order valence-corrected chi connectivity index (χ0v) is 14.8. The van der Waals surface area contributed by atoms with Gasteiger partial charge in [-0.15, -0.1) is 0 Å². The topological polar surface area (TPSA) is 60.5 Å². The van der Waals surface area contributed by atoms with Crippen molar-refractivity contribution in [1.82, 2.24) is 10.3 Å². The zero-order chi connectivity index (χ0) is 17.3. The van der Waals surface area contributed by atoms with Crippen LogP contribution in [-0.4, -0.2) is 35.8 Å². The molecule has 1 N–H and O–H groups in total. The Morgan fingerprint density at radius 1 is 1.30 bits per heavy atom. The lowest BCUT2D eigenvalue weighted by Crippen LogP contribution is -2.41. The molecule has 1 aliphatic rings. The van der Waals surface area contributed by atoms with Gasteiger partial charge >= 0.3 is 7.12 Å². The summed E-state index contributed by atoms with van der Waals surface area (Å²) in [5.41, 5.74) is 2.15. The molecule has 0 saturated carbocycles. The molecule has 1 aromatic heterocycles. The molecule has 0 bridgehead atoms. The number of hydrogen-bond acceptors (Lipinski definition) is 4. The van der Waals surface area contributed by atoms with Crippen molar-refractivity contribution in [3.8, 4) is 0 Å². The monoisotopic (exact) mass is 316 g/mol. The van der Waals surface area contributed by atoms with E-state index >= 15 is 0 Å². The Labute approximate surface area is 138 Å². The first-order valence-corrected chi connectivity index (χ1v) is 7.83. The normalized spacial score (nSPS) is 19.7. The molecule has 124 valence electrons. The second kappa shape index (κ2) is 6.45. The van der Waals surface area contributed by atoms with E-state index in [1.807, 2.05) is 53.0 Å². The number of rotatable bonds is 4. The fourth-order valence-electron chi connectivity index (χ4n) is 2.27. The molecule has 2 heterocycles. The lowest BCUT2D eigenvalue weighted by atomic mass is 9.76. The number of nitrogens with one attached hydrogen (secondary N) is 1. The van der Waals surface area contributed by atoms with Crippen molar-refractivity contribution in [3.63, 3.8) is 0 Å². The summed E-state index contributed by atoms with van der Waals surface area (Å²) in [6.07, 6.45) is 5.57. The number of aromatic nitrogens is 1. The summed E-state index contributed by atoms with van der Waals surface area (Å²) >= 11 is 0. The SMILES string of the molecule is CC(=O)NCC(=Cc1ccncc1C)B1OC(C)(C)C(C)(C)O1. The highest BCUT2D eigenvalue weighted by molar-refractivity contribution is 6.56. The van der Waals surface area contributed by atoms with Crippen molar-refractivity contribution in [2.24, 2.45) is 0 Å². The van der Waals surface area contributed by atoms with Crippen LogP contribution < -0.4 is 5.32 Å². The third-order valence-corrected chi connectivity index (χ3v) is 4.50. The molecule has 0 unspecified atom stereocenters. The number of amides is 1. The third-order valence-electron chi connectivity index (χ3n) is 4.50. The van der Waals surface area contributed by atoms with Crippen LogP contribution in [0.15, 0.2) is 23.9 Å². The first-order valence-electron chi connectivity index (χ1n) is 7.83. The van der Waals surface area contributed by atoms with Crippen molar-refractivity contribution in [2.75, 3.05) is 6.54 Å². The van der Waals surface area contributed by atoms with Crippen molar-refractivity contribution in [2.45, 2.75) is 52.7 Å². The van der Waals surface area contributed by atoms with E-state index in [1.54, 1.807) is 6.20 Å². The summed E-state index contributed by atoms with van der Waals surface area (Å²) in [5, 5.41) is 2.83. The Hall–Kier alpha value is -1.66. The highest BCUT2D eigenvalue weighted by Gasteiger charge is 2.52. The number of hydrogen-bond donors (Lipinski definition) is 1. The van der Waals surface area contributed by atoms with E-state index < -0.39 is 18.3 Å². The van der Waals surface area contributed by atoms with Gasteiger partial charge in [0.05, 0.1) is 11.2 Å². The van der Waals surface area contributed by atoms with Gasteiger partial charge in [0.1, 0.15) is 0 Å². The second-order valence-electron chi connectivity index (χ2n) is 6.95. The van der Waals surface area contributed by atoms with Crippen LogP contribution in [0.5, 0.6) is 0 Å². The number of aryl methyl sites for hydroxylation is 1. The van der Waals surface area contributed by atoms with Gasteiger partial charge in [-0.25, -0.2) is 0 Å². The van der Waals surface area contributed by atoms with E-state index in [9.17, 15) is 4.79 Å². The smallest absolute Gasteiger partial charge is 0.400 e. The number of carbonyl (C=O) groups is 1. The minimum absolute atomic E-state index is 0.0844. The third kappa shape index (κ3) is 4.01. The van der Waals surface area contributed by atoms with Gasteiger partial charge in [-0.05, 0) is 57.3 Å². The van der Waals surface area contributed by atoms with Crippen molar-refractivity contribution in [1.29, 1.82) is 0 Å². The predicted octanol–water partition coefficient (Wildman–Crippen LogP) is 2.54. The summed E-state index contributed by atoms with van der Waals surface area (Å²) in [7, 11) is -0.487. The molecule has 1 amide bonds. The van der Waals surface area contributed by atoms with Gasteiger partial charge in [-0.3, -0.25) is 9.78 Å². The van der Waals surface area contributed by atoms with E-state index in [0.29, 0.717) is 6.54 Å². The van der Waals surface area contributed by atoms with Crippen molar-refractivity contribution >= 4 is 19.1 Å². The molecule has 6 heteroatoms. The van der Waals surface area contributed by atoms with Gasteiger partial charge in [0.2, 0.25) is 5.91 Å². The molecule has 1 aliphatic heterocycles. The number of pyridine rings is 1. The minimum Gasteiger partial charge on any atom is -0.400 e. The number of nitrogens with zero attached hydrogens (tertiary/aromatic N) is 1. The van der Waals surface area contributed by atoms with E-state index in [2.05, 4.69) is 10.3 Å². The first-order chi connectivity index (χ1) is 10.6. The summed E-state index contributed by atoms with van der Waals surface area (Å²) in [5.74, 6) is -0.0844. The summed E-state index contributed by atoms with van der Waals surface area (Å²) < 4.78 is 12.2. The molecule has 1 aromatic rings. The Kier molecular flexibility index (Phi) is 4.97. The lowest BCUT2D eigenvalue weighted by molar-refractivity contribution is -0.118. The van der Waals surface area contributed by atoms with Crippen LogP contribution in [0, 0.1) is 6.92 Å². The maximum atomic E-state index is 11.3. The lowest BCUT2D eigenvalue weighted by Gasteiger charge is -2.32. The van der Waals surface area contributed by atoms with E-state index in [4.69, 9.17) is 9.31 Å². The Balaban J connectivity index is 2.32. The quantitative estimate of drug-likeness (QED) is 0.867. The average Bonchev–Trinajstić information content (AvgIpc) is 2.65. The van der Waals surface area contributed by atoms with Crippen LogP contribution in [0.2, 0.25) is 0 Å².